The van der Waals surface area contributed by atoms with Crippen LogP contribution in [0.4, 0.5) is 11.4 Å². The molecule has 0 radical (unpaired) electrons. The number of nitrogens with zero attached hydrogens (tertiary/aromatic N) is 2. The molecule has 0 unspecified atom stereocenters. The molecule has 2 rings (SSSR count). The molecule has 1 fully saturated rings. The van der Waals surface area contributed by atoms with Crippen LogP contribution in [0.15, 0.2) is 18.5 Å². The van der Waals surface area contributed by atoms with E-state index in [0.29, 0.717) is 0 Å². The zero-order chi connectivity index (χ0) is 8.39. The van der Waals surface area contributed by atoms with Crippen molar-refractivity contribution in [3.63, 3.8) is 0 Å². The van der Waals surface area contributed by atoms with Crippen LogP contribution >= 0.6 is 24.8 Å². The predicted octanol–water partition coefficient (Wildman–Crippen LogP) is 2.11. The highest BCUT2D eigenvalue weighted by atomic mass is 35.5. The number of pyridine rings is 1. The monoisotopic (exact) mass is 235 g/mol. The molecule has 0 amide bonds. The molecule has 0 spiro atoms. The zero-order valence-electron chi connectivity index (χ0n) is 7.85. The topological polar surface area (TPSA) is 42.1 Å². The predicted molar refractivity (Wildman–Crippen MR) is 64.6 cm³/mol. The summed E-state index contributed by atoms with van der Waals surface area (Å²) in [5, 5.41) is 0. The molecule has 5 heteroatoms. The third-order valence-electron chi connectivity index (χ3n) is 2.27. The summed E-state index contributed by atoms with van der Waals surface area (Å²) >= 11 is 0. The van der Waals surface area contributed by atoms with Gasteiger partial charge in [-0.1, -0.05) is 0 Å². The second-order valence-corrected chi connectivity index (χ2v) is 3.13. The fraction of sp³-hybridized carbons (Fsp3) is 0.444. The average molecular weight is 236 g/mol. The fourth-order valence-corrected chi connectivity index (χ4v) is 1.65. The Morgan fingerprint density at radius 2 is 1.86 bits per heavy atom. The van der Waals surface area contributed by atoms with Crippen molar-refractivity contribution in [2.24, 2.45) is 0 Å². The lowest BCUT2D eigenvalue weighted by molar-refractivity contribution is 0.949. The quantitative estimate of drug-likeness (QED) is 0.811. The molecule has 2 heterocycles. The molecular weight excluding hydrogens is 221 g/mol. The van der Waals surface area contributed by atoms with Crippen molar-refractivity contribution in [2.75, 3.05) is 23.7 Å². The van der Waals surface area contributed by atoms with E-state index in [1.54, 1.807) is 12.4 Å². The van der Waals surface area contributed by atoms with Gasteiger partial charge in [-0.25, -0.2) is 0 Å². The summed E-state index contributed by atoms with van der Waals surface area (Å²) in [6, 6.07) is 1.99. The molecule has 1 saturated heterocycles. The van der Waals surface area contributed by atoms with Gasteiger partial charge in [0.25, 0.3) is 0 Å². The van der Waals surface area contributed by atoms with Crippen LogP contribution in [0.25, 0.3) is 0 Å². The molecule has 1 aliphatic rings. The number of nitrogens with two attached hydrogens (primary N) is 1. The molecule has 2 N–H and O–H groups in total. The van der Waals surface area contributed by atoms with Gasteiger partial charge in [0.1, 0.15) is 0 Å². The molecule has 0 bridgehead atoms. The first-order valence-corrected chi connectivity index (χ1v) is 4.32. The van der Waals surface area contributed by atoms with Crippen LogP contribution in [0.2, 0.25) is 0 Å². The molecule has 80 valence electrons. The van der Waals surface area contributed by atoms with E-state index in [9.17, 15) is 0 Å². The van der Waals surface area contributed by atoms with Crippen molar-refractivity contribution in [3.8, 4) is 0 Å². The van der Waals surface area contributed by atoms with Crippen LogP contribution in [-0.2, 0) is 0 Å². The van der Waals surface area contributed by atoms with Gasteiger partial charge >= 0.3 is 0 Å². The van der Waals surface area contributed by atoms with Gasteiger partial charge in [-0.3, -0.25) is 4.98 Å². The second-order valence-electron chi connectivity index (χ2n) is 3.13. The van der Waals surface area contributed by atoms with E-state index in [2.05, 4.69) is 9.88 Å². The average Bonchev–Trinajstić information content (AvgIpc) is 2.57. The van der Waals surface area contributed by atoms with Gasteiger partial charge in [0.15, 0.2) is 0 Å². The molecule has 1 aromatic rings. The Hall–Kier alpha value is -0.670. The molecule has 0 atom stereocenters. The van der Waals surface area contributed by atoms with Crippen molar-refractivity contribution in [1.82, 2.24) is 4.98 Å². The highest BCUT2D eigenvalue weighted by Crippen LogP contribution is 2.24. The van der Waals surface area contributed by atoms with E-state index >= 15 is 0 Å². The largest absolute Gasteiger partial charge is 0.396 e. The highest BCUT2D eigenvalue weighted by molar-refractivity contribution is 5.85. The first-order valence-electron chi connectivity index (χ1n) is 4.32. The summed E-state index contributed by atoms with van der Waals surface area (Å²) in [6.45, 7) is 2.27. The van der Waals surface area contributed by atoms with Gasteiger partial charge in [-0.15, -0.1) is 24.8 Å². The van der Waals surface area contributed by atoms with E-state index in [1.807, 2.05) is 6.07 Å². The number of nitrogen functional groups attached to an aromatic ring is 1. The molecular formula is C9H15Cl2N3. The van der Waals surface area contributed by atoms with Crippen LogP contribution in [0, 0.1) is 0 Å². The standard InChI is InChI=1S/C9H13N3.2ClH/c10-8-7-11-4-3-9(8)12-5-1-2-6-12;;/h3-4,7H,1-2,5-6,10H2;2*1H. The number of rotatable bonds is 1. The van der Waals surface area contributed by atoms with E-state index in [1.165, 1.54) is 12.8 Å². The number of hydrogen-bond acceptors (Lipinski definition) is 3. The smallest absolute Gasteiger partial charge is 0.0738 e. The maximum Gasteiger partial charge on any atom is 0.0738 e. The van der Waals surface area contributed by atoms with E-state index in [0.717, 1.165) is 24.5 Å². The van der Waals surface area contributed by atoms with Gasteiger partial charge in [-0.2, -0.15) is 0 Å². The second kappa shape index (κ2) is 5.94. The summed E-state index contributed by atoms with van der Waals surface area (Å²) in [7, 11) is 0. The van der Waals surface area contributed by atoms with Crippen LogP contribution in [0.5, 0.6) is 0 Å². The molecule has 0 aromatic carbocycles. The minimum Gasteiger partial charge on any atom is -0.396 e. The Labute approximate surface area is 96.5 Å². The summed E-state index contributed by atoms with van der Waals surface area (Å²) in [6.07, 6.45) is 6.07. The third-order valence-corrected chi connectivity index (χ3v) is 2.27. The molecule has 0 saturated carbocycles. The number of anilines is 2. The fourth-order valence-electron chi connectivity index (χ4n) is 1.65. The van der Waals surface area contributed by atoms with Gasteiger partial charge < -0.3 is 10.6 Å². The number of aromatic nitrogens is 1. The van der Waals surface area contributed by atoms with Crippen LogP contribution in [0.1, 0.15) is 12.8 Å². The maximum atomic E-state index is 5.80. The van der Waals surface area contributed by atoms with Gasteiger partial charge in [-0.05, 0) is 18.9 Å². The normalized spacial score (nSPS) is 14.4. The van der Waals surface area contributed by atoms with Crippen LogP contribution in [0.3, 0.4) is 0 Å². The molecule has 0 aliphatic carbocycles. The Balaban J connectivity index is 0.000000845. The SMILES string of the molecule is Cl.Cl.Nc1cnccc1N1CCCC1. The molecule has 1 aromatic heterocycles. The minimum atomic E-state index is 0. The van der Waals surface area contributed by atoms with Crippen LogP contribution < -0.4 is 10.6 Å². The van der Waals surface area contributed by atoms with Crippen molar-refractivity contribution in [1.29, 1.82) is 0 Å². The summed E-state index contributed by atoms with van der Waals surface area (Å²) in [5.41, 5.74) is 7.73. The van der Waals surface area contributed by atoms with Gasteiger partial charge in [0, 0.05) is 19.3 Å². The number of hydrogen-bond donors (Lipinski definition) is 1. The lowest BCUT2D eigenvalue weighted by atomic mass is 10.3. The van der Waals surface area contributed by atoms with E-state index < -0.39 is 0 Å². The van der Waals surface area contributed by atoms with Gasteiger partial charge in [0.2, 0.25) is 0 Å². The van der Waals surface area contributed by atoms with Crippen LogP contribution in [-0.4, -0.2) is 18.1 Å². The lowest BCUT2D eigenvalue weighted by Crippen LogP contribution is -2.18. The lowest BCUT2D eigenvalue weighted by Gasteiger charge is -2.18. The first kappa shape index (κ1) is 13.3. The third kappa shape index (κ3) is 2.66. The molecule has 3 nitrogen and oxygen atoms in total. The Kier molecular flexibility index (Phi) is 5.65. The van der Waals surface area contributed by atoms with Gasteiger partial charge in [0.05, 0.1) is 17.6 Å². The molecule has 14 heavy (non-hydrogen) atoms. The summed E-state index contributed by atoms with van der Waals surface area (Å²) < 4.78 is 0. The van der Waals surface area contributed by atoms with Crippen molar-refractivity contribution in [2.45, 2.75) is 12.8 Å². The summed E-state index contributed by atoms with van der Waals surface area (Å²) in [4.78, 5) is 6.28. The molecule has 1 aliphatic heterocycles. The Morgan fingerprint density at radius 1 is 1.21 bits per heavy atom. The van der Waals surface area contributed by atoms with Crippen molar-refractivity contribution >= 4 is 36.2 Å². The highest BCUT2D eigenvalue weighted by Gasteiger charge is 2.13. The minimum absolute atomic E-state index is 0. The summed E-state index contributed by atoms with van der Waals surface area (Å²) in [5.74, 6) is 0. The van der Waals surface area contributed by atoms with E-state index in [4.69, 9.17) is 5.73 Å². The maximum absolute atomic E-state index is 5.80. The number of halogens is 2. The van der Waals surface area contributed by atoms with E-state index in [-0.39, 0.29) is 24.8 Å². The first-order chi connectivity index (χ1) is 5.88. The zero-order valence-corrected chi connectivity index (χ0v) is 9.48. The van der Waals surface area contributed by atoms with Crippen molar-refractivity contribution < 1.29 is 0 Å². The van der Waals surface area contributed by atoms with Crippen molar-refractivity contribution in [3.05, 3.63) is 18.5 Å². The Bertz CT molecular complexity index is 275. The Morgan fingerprint density at radius 3 is 2.43 bits per heavy atom.